The molecule has 128 valence electrons. The summed E-state index contributed by atoms with van der Waals surface area (Å²) in [5.41, 5.74) is 0.161. The van der Waals surface area contributed by atoms with Crippen molar-refractivity contribution in [3.05, 3.63) is 35.9 Å². The van der Waals surface area contributed by atoms with Crippen molar-refractivity contribution in [2.45, 2.75) is 26.2 Å². The monoisotopic (exact) mass is 331 g/mol. The summed E-state index contributed by atoms with van der Waals surface area (Å²) in [5.74, 6) is -1.70. The van der Waals surface area contributed by atoms with Gasteiger partial charge in [0.2, 0.25) is 0 Å². The predicted molar refractivity (Wildman–Crippen MR) is 86.4 cm³/mol. The van der Waals surface area contributed by atoms with Crippen molar-refractivity contribution in [1.29, 1.82) is 0 Å². The second kappa shape index (κ2) is 6.63. The summed E-state index contributed by atoms with van der Waals surface area (Å²) >= 11 is 0. The highest BCUT2D eigenvalue weighted by Crippen LogP contribution is 2.53. The van der Waals surface area contributed by atoms with Crippen molar-refractivity contribution < 1.29 is 23.9 Å². The third-order valence-electron chi connectivity index (χ3n) is 4.63. The predicted octanol–water partition coefficient (Wildman–Crippen LogP) is 2.29. The number of ether oxygens (including phenoxy) is 2. The van der Waals surface area contributed by atoms with E-state index < -0.39 is 23.3 Å². The van der Waals surface area contributed by atoms with E-state index in [1.54, 1.807) is 13.8 Å². The molecule has 0 spiro atoms. The fraction of sp³-hybridized carbons (Fsp3) is 0.500. The normalized spacial score (nSPS) is 23.8. The molecule has 0 N–H and O–H groups in total. The molecule has 2 atom stereocenters. The molecule has 0 bridgehead atoms. The van der Waals surface area contributed by atoms with E-state index >= 15 is 0 Å². The number of hydrogen-bond donors (Lipinski definition) is 0. The summed E-state index contributed by atoms with van der Waals surface area (Å²) in [6.07, 6.45) is 0.295. The number of carbonyl (C=O) groups excluding carboxylic acids is 2. The molecule has 0 saturated heterocycles. The van der Waals surface area contributed by atoms with E-state index in [1.165, 1.54) is 0 Å². The minimum Gasteiger partial charge on any atom is -0.465 e. The Morgan fingerprint density at radius 2 is 1.79 bits per heavy atom. The Hall–Kier alpha value is -2.37. The zero-order chi connectivity index (χ0) is 17.2. The van der Waals surface area contributed by atoms with Gasteiger partial charge in [-0.15, -0.1) is 0 Å². The highest BCUT2D eigenvalue weighted by Gasteiger charge is 2.65. The summed E-state index contributed by atoms with van der Waals surface area (Å²) in [4.78, 5) is 31.0. The van der Waals surface area contributed by atoms with Gasteiger partial charge in [-0.05, 0) is 25.8 Å². The molecule has 0 aromatic heterocycles. The lowest BCUT2D eigenvalue weighted by atomic mass is 9.73. The maximum atomic E-state index is 12.9. The molecule has 0 amide bonds. The van der Waals surface area contributed by atoms with Crippen LogP contribution in [0.2, 0.25) is 0 Å². The first kappa shape index (κ1) is 16.5. The van der Waals surface area contributed by atoms with Crippen molar-refractivity contribution in [2.75, 3.05) is 19.8 Å². The van der Waals surface area contributed by atoms with Gasteiger partial charge in [-0.3, -0.25) is 9.59 Å². The lowest BCUT2D eigenvalue weighted by Crippen LogP contribution is -2.45. The summed E-state index contributed by atoms with van der Waals surface area (Å²) in [5, 5.41) is 4.14. The van der Waals surface area contributed by atoms with Crippen molar-refractivity contribution >= 4 is 17.7 Å². The van der Waals surface area contributed by atoms with Crippen molar-refractivity contribution in [1.82, 2.24) is 0 Å². The zero-order valence-electron chi connectivity index (χ0n) is 13.9. The van der Waals surface area contributed by atoms with Crippen LogP contribution in [-0.2, 0) is 23.9 Å². The van der Waals surface area contributed by atoms with Crippen molar-refractivity contribution in [3.63, 3.8) is 0 Å². The Labute approximate surface area is 140 Å². The van der Waals surface area contributed by atoms with E-state index in [2.05, 4.69) is 5.16 Å². The smallest absolute Gasteiger partial charge is 0.324 e. The van der Waals surface area contributed by atoms with E-state index in [-0.39, 0.29) is 19.1 Å². The minimum atomic E-state index is -1.40. The van der Waals surface area contributed by atoms with E-state index in [0.29, 0.717) is 13.0 Å². The molecular formula is C18H21NO5. The van der Waals surface area contributed by atoms with Crippen LogP contribution >= 0.6 is 0 Å². The van der Waals surface area contributed by atoms with Crippen molar-refractivity contribution in [3.8, 4) is 0 Å². The van der Waals surface area contributed by atoms with Crippen LogP contribution in [0.5, 0.6) is 0 Å². The molecule has 2 aliphatic rings. The van der Waals surface area contributed by atoms with Gasteiger partial charge in [0.05, 0.1) is 24.8 Å². The van der Waals surface area contributed by atoms with Crippen LogP contribution in [0, 0.1) is 11.3 Å². The third kappa shape index (κ3) is 2.46. The molecule has 6 nitrogen and oxygen atoms in total. The number of esters is 2. The summed E-state index contributed by atoms with van der Waals surface area (Å²) < 4.78 is 10.6. The average Bonchev–Trinajstić information content (AvgIpc) is 3.15. The van der Waals surface area contributed by atoms with E-state index in [1.807, 2.05) is 30.3 Å². The third-order valence-corrected chi connectivity index (χ3v) is 4.63. The molecule has 1 aromatic carbocycles. The van der Waals surface area contributed by atoms with Gasteiger partial charge in [-0.1, -0.05) is 35.5 Å². The van der Waals surface area contributed by atoms with Gasteiger partial charge in [-0.25, -0.2) is 0 Å². The molecule has 1 saturated carbocycles. The van der Waals surface area contributed by atoms with Crippen LogP contribution in [0.4, 0.5) is 0 Å². The zero-order valence-corrected chi connectivity index (χ0v) is 13.9. The first-order chi connectivity index (χ1) is 11.6. The highest BCUT2D eigenvalue weighted by molar-refractivity contribution is 6.12. The molecule has 1 aliphatic carbocycles. The summed E-state index contributed by atoms with van der Waals surface area (Å²) in [6.45, 7) is 4.24. The summed E-state index contributed by atoms with van der Waals surface area (Å²) in [6, 6.07) is 9.42. The van der Waals surface area contributed by atoms with Gasteiger partial charge in [-0.2, -0.15) is 0 Å². The van der Waals surface area contributed by atoms with E-state index in [0.717, 1.165) is 11.3 Å². The maximum Gasteiger partial charge on any atom is 0.324 e. The number of benzene rings is 1. The molecular weight excluding hydrogens is 310 g/mol. The van der Waals surface area contributed by atoms with Crippen LogP contribution in [0.1, 0.15) is 31.7 Å². The van der Waals surface area contributed by atoms with Crippen LogP contribution in [0.25, 0.3) is 0 Å². The molecule has 1 aliphatic heterocycles. The number of carbonyl (C=O) groups is 2. The minimum absolute atomic E-state index is 0.0796. The Morgan fingerprint density at radius 3 is 2.38 bits per heavy atom. The topological polar surface area (TPSA) is 74.2 Å². The van der Waals surface area contributed by atoms with Gasteiger partial charge in [0, 0.05) is 5.92 Å². The first-order valence-corrected chi connectivity index (χ1v) is 8.24. The van der Waals surface area contributed by atoms with Gasteiger partial charge in [0.25, 0.3) is 0 Å². The molecule has 24 heavy (non-hydrogen) atoms. The molecule has 0 unspecified atom stereocenters. The number of oxime groups is 1. The second-order valence-corrected chi connectivity index (χ2v) is 5.97. The molecule has 1 aromatic rings. The summed E-state index contributed by atoms with van der Waals surface area (Å²) in [7, 11) is 0. The molecule has 6 heteroatoms. The van der Waals surface area contributed by atoms with E-state index in [9.17, 15) is 9.59 Å². The van der Waals surface area contributed by atoms with Crippen LogP contribution in [-0.4, -0.2) is 37.5 Å². The molecule has 0 radical (unpaired) electrons. The van der Waals surface area contributed by atoms with Crippen molar-refractivity contribution in [2.24, 2.45) is 16.5 Å². The molecule has 3 rings (SSSR count). The fourth-order valence-corrected chi connectivity index (χ4v) is 3.68. The van der Waals surface area contributed by atoms with Gasteiger partial charge >= 0.3 is 11.9 Å². The molecule has 1 fully saturated rings. The quantitative estimate of drug-likeness (QED) is 0.611. The average molecular weight is 331 g/mol. The van der Waals surface area contributed by atoms with E-state index in [4.69, 9.17) is 14.3 Å². The number of fused-ring (bicyclic) bond motifs is 1. The number of hydrogen-bond acceptors (Lipinski definition) is 6. The fourth-order valence-electron chi connectivity index (χ4n) is 3.68. The SMILES string of the molecule is CCOC(=O)C1(C(=O)OCC)C[C@H]2CON=C2[C@@H]1c1ccccc1. The Kier molecular flexibility index (Phi) is 4.55. The molecule has 1 heterocycles. The lowest BCUT2D eigenvalue weighted by Gasteiger charge is -2.31. The first-order valence-electron chi connectivity index (χ1n) is 8.24. The standard InChI is InChI=1S/C18H21NO5/c1-3-22-16(20)18(17(21)23-4-2)10-13-11-24-19-15(13)14(18)12-8-6-5-7-9-12/h5-9,13-14H,3-4,10-11H2,1-2H3/t13-,14-/m0/s1. The van der Waals surface area contributed by atoms with Crippen LogP contribution < -0.4 is 0 Å². The highest BCUT2D eigenvalue weighted by atomic mass is 16.6. The largest absolute Gasteiger partial charge is 0.465 e. The van der Waals surface area contributed by atoms with Crippen LogP contribution in [0.3, 0.4) is 0 Å². The van der Waals surface area contributed by atoms with Gasteiger partial charge in [0.15, 0.2) is 5.41 Å². The number of rotatable bonds is 5. The lowest BCUT2D eigenvalue weighted by molar-refractivity contribution is -0.173. The number of nitrogens with zero attached hydrogens (tertiary/aromatic N) is 1. The van der Waals surface area contributed by atoms with Gasteiger partial charge < -0.3 is 14.3 Å². The Balaban J connectivity index is 2.13. The Morgan fingerprint density at radius 1 is 1.17 bits per heavy atom. The maximum absolute atomic E-state index is 12.9. The van der Waals surface area contributed by atoms with Crippen LogP contribution in [0.15, 0.2) is 35.5 Å². The Bertz CT molecular complexity index is 637. The second-order valence-electron chi connectivity index (χ2n) is 5.97. The van der Waals surface area contributed by atoms with Gasteiger partial charge in [0.1, 0.15) is 6.61 Å².